The van der Waals surface area contributed by atoms with Crippen LogP contribution in [0.1, 0.15) is 57.3 Å². The predicted molar refractivity (Wildman–Crippen MR) is 141 cm³/mol. The second-order valence-corrected chi connectivity index (χ2v) is 9.70. The number of nitriles is 2. The third kappa shape index (κ3) is 6.26. The molecule has 1 aliphatic carbocycles. The fourth-order valence-electron chi connectivity index (χ4n) is 4.41. The van der Waals surface area contributed by atoms with Crippen molar-refractivity contribution in [3.05, 3.63) is 112 Å². The van der Waals surface area contributed by atoms with E-state index in [0.717, 1.165) is 23.1 Å². The van der Waals surface area contributed by atoms with Gasteiger partial charge in [0.15, 0.2) is 5.69 Å². The summed E-state index contributed by atoms with van der Waals surface area (Å²) in [5, 5.41) is 27.9. The largest absolute Gasteiger partial charge is 0.435 e. The Bertz CT molecular complexity index is 1690. The zero-order valence-corrected chi connectivity index (χ0v) is 21.4. The van der Waals surface area contributed by atoms with Crippen LogP contribution in [0.2, 0.25) is 0 Å². The minimum Gasteiger partial charge on any atom is -0.318 e. The van der Waals surface area contributed by atoms with Crippen molar-refractivity contribution in [3.63, 3.8) is 0 Å². The summed E-state index contributed by atoms with van der Waals surface area (Å²) in [6.45, 7) is 0.696. The first-order valence-electron chi connectivity index (χ1n) is 12.7. The number of carbonyl (C=O) groups excluding carboxylic acids is 1. The molecule has 1 atom stereocenters. The van der Waals surface area contributed by atoms with E-state index in [1.165, 1.54) is 36.4 Å². The summed E-state index contributed by atoms with van der Waals surface area (Å²) in [6.07, 6.45) is -2.67. The lowest BCUT2D eigenvalue weighted by atomic mass is 9.96. The molecule has 0 radical (unpaired) electrons. The molecular weight excluding hydrogens is 536 g/mol. The molecule has 1 unspecified atom stereocenters. The standard InChI is InChI=1S/C30H22F4N6O/c31-24-10-9-22(28(37-17-18-7-8-18)21-5-1-3-19(11-21)15-35)13-25(24)38-29(41)26-14-27(30(32,33)34)39-40(26)23-6-2-4-20(12-23)16-36/h1-6,9-14,18,28,37H,7-8,17H2,(H,38,41). The minimum absolute atomic E-state index is 0.0561. The van der Waals surface area contributed by atoms with Gasteiger partial charge in [0.05, 0.1) is 40.7 Å². The van der Waals surface area contributed by atoms with Crippen molar-refractivity contribution in [2.24, 2.45) is 5.92 Å². The maximum Gasteiger partial charge on any atom is 0.435 e. The Hall–Kier alpha value is -5.00. The monoisotopic (exact) mass is 558 g/mol. The highest BCUT2D eigenvalue weighted by atomic mass is 19.4. The van der Waals surface area contributed by atoms with E-state index in [4.69, 9.17) is 0 Å². The third-order valence-corrected chi connectivity index (χ3v) is 6.68. The molecule has 2 N–H and O–H groups in total. The van der Waals surface area contributed by atoms with Crippen molar-refractivity contribution >= 4 is 11.6 Å². The summed E-state index contributed by atoms with van der Waals surface area (Å²) in [5.41, 5.74) is -0.0480. The molecule has 1 aromatic heterocycles. The van der Waals surface area contributed by atoms with Crippen LogP contribution >= 0.6 is 0 Å². The highest BCUT2D eigenvalue weighted by Crippen LogP contribution is 2.33. The van der Waals surface area contributed by atoms with E-state index < -0.39 is 35.3 Å². The van der Waals surface area contributed by atoms with Crippen LogP contribution in [0.15, 0.2) is 72.8 Å². The van der Waals surface area contributed by atoms with Crippen molar-refractivity contribution < 1.29 is 22.4 Å². The molecule has 1 aliphatic rings. The number of anilines is 1. The lowest BCUT2D eigenvalue weighted by Crippen LogP contribution is -2.25. The van der Waals surface area contributed by atoms with E-state index in [-0.39, 0.29) is 16.9 Å². The molecule has 1 fully saturated rings. The molecule has 1 saturated carbocycles. The number of nitrogens with zero attached hydrogens (tertiary/aromatic N) is 4. The molecule has 7 nitrogen and oxygen atoms in total. The van der Waals surface area contributed by atoms with E-state index in [1.54, 1.807) is 24.3 Å². The molecule has 0 aliphatic heterocycles. The van der Waals surface area contributed by atoms with Gasteiger partial charge in [-0.1, -0.05) is 24.3 Å². The molecule has 1 heterocycles. The average molecular weight is 559 g/mol. The van der Waals surface area contributed by atoms with E-state index in [2.05, 4.69) is 21.8 Å². The lowest BCUT2D eigenvalue weighted by molar-refractivity contribution is -0.141. The molecule has 41 heavy (non-hydrogen) atoms. The number of alkyl halides is 3. The smallest absolute Gasteiger partial charge is 0.318 e. The quantitative estimate of drug-likeness (QED) is 0.254. The van der Waals surface area contributed by atoms with Gasteiger partial charge in [0.1, 0.15) is 11.5 Å². The van der Waals surface area contributed by atoms with E-state index >= 15 is 0 Å². The highest BCUT2D eigenvalue weighted by Gasteiger charge is 2.36. The van der Waals surface area contributed by atoms with Gasteiger partial charge in [0.2, 0.25) is 0 Å². The van der Waals surface area contributed by atoms with Gasteiger partial charge in [-0.15, -0.1) is 0 Å². The van der Waals surface area contributed by atoms with Crippen molar-refractivity contribution in [2.45, 2.75) is 25.1 Å². The van der Waals surface area contributed by atoms with Gasteiger partial charge in [-0.2, -0.15) is 28.8 Å². The van der Waals surface area contributed by atoms with Crippen LogP contribution < -0.4 is 10.6 Å². The molecule has 0 saturated heterocycles. The van der Waals surface area contributed by atoms with Crippen LogP contribution in [0, 0.1) is 34.4 Å². The molecule has 0 spiro atoms. The van der Waals surface area contributed by atoms with Crippen molar-refractivity contribution in [3.8, 4) is 17.8 Å². The number of halogens is 4. The number of hydrogen-bond donors (Lipinski definition) is 2. The average Bonchev–Trinajstić information content (AvgIpc) is 3.68. The second kappa shape index (κ2) is 11.2. The molecule has 11 heteroatoms. The molecule has 1 amide bonds. The third-order valence-electron chi connectivity index (χ3n) is 6.68. The number of amides is 1. The molecule has 206 valence electrons. The minimum atomic E-state index is -4.85. The van der Waals surface area contributed by atoms with E-state index in [0.29, 0.717) is 29.7 Å². The van der Waals surface area contributed by atoms with Gasteiger partial charge in [-0.3, -0.25) is 4.79 Å². The van der Waals surface area contributed by atoms with Crippen molar-refractivity contribution in [2.75, 3.05) is 11.9 Å². The van der Waals surface area contributed by atoms with Gasteiger partial charge in [0.25, 0.3) is 5.91 Å². The Morgan fingerprint density at radius 1 is 0.976 bits per heavy atom. The Balaban J connectivity index is 1.50. The van der Waals surface area contributed by atoms with Crippen LogP contribution in [0.5, 0.6) is 0 Å². The van der Waals surface area contributed by atoms with Gasteiger partial charge in [-0.25, -0.2) is 9.07 Å². The summed E-state index contributed by atoms with van der Waals surface area (Å²) in [4.78, 5) is 13.3. The van der Waals surface area contributed by atoms with Crippen LogP contribution in [0.25, 0.3) is 5.69 Å². The number of hydrogen-bond acceptors (Lipinski definition) is 5. The number of rotatable bonds is 8. The summed E-state index contributed by atoms with van der Waals surface area (Å²) < 4.78 is 56.3. The van der Waals surface area contributed by atoms with Gasteiger partial charge in [0, 0.05) is 6.07 Å². The Kier molecular flexibility index (Phi) is 7.56. The molecular formula is C30H22F4N6O. The summed E-state index contributed by atoms with van der Waals surface area (Å²) in [7, 11) is 0. The van der Waals surface area contributed by atoms with Gasteiger partial charge >= 0.3 is 6.18 Å². The first kappa shape index (κ1) is 27.6. The van der Waals surface area contributed by atoms with Crippen LogP contribution in [-0.2, 0) is 6.18 Å². The lowest BCUT2D eigenvalue weighted by Gasteiger charge is -2.21. The Morgan fingerprint density at radius 2 is 1.66 bits per heavy atom. The fraction of sp³-hybridized carbons (Fsp3) is 0.200. The normalized spacial score (nSPS) is 13.7. The fourth-order valence-corrected chi connectivity index (χ4v) is 4.41. The number of benzene rings is 3. The molecule has 5 rings (SSSR count). The zero-order valence-electron chi connectivity index (χ0n) is 21.4. The maximum absolute atomic E-state index is 15.0. The van der Waals surface area contributed by atoms with Crippen LogP contribution in [0.3, 0.4) is 0 Å². The zero-order chi connectivity index (χ0) is 29.1. The predicted octanol–water partition coefficient (Wildman–Crippen LogP) is 6.11. The Labute approximate surface area is 232 Å². The second-order valence-electron chi connectivity index (χ2n) is 9.70. The number of nitrogens with one attached hydrogen (secondary N) is 2. The topological polar surface area (TPSA) is 107 Å². The number of aromatic nitrogens is 2. The molecule has 4 aromatic rings. The summed E-state index contributed by atoms with van der Waals surface area (Å²) in [6, 6.07) is 20.8. The highest BCUT2D eigenvalue weighted by molar-refractivity contribution is 6.03. The summed E-state index contributed by atoms with van der Waals surface area (Å²) in [5.74, 6) is -1.30. The first-order valence-corrected chi connectivity index (χ1v) is 12.7. The first-order chi connectivity index (χ1) is 19.7. The van der Waals surface area contributed by atoms with Crippen LogP contribution in [-0.4, -0.2) is 22.2 Å². The SMILES string of the molecule is N#Cc1cccc(C(NCC2CC2)c2ccc(F)c(NC(=O)c3cc(C(F)(F)F)nn3-c3cccc(C#N)c3)c2)c1. The summed E-state index contributed by atoms with van der Waals surface area (Å²) >= 11 is 0. The van der Waals surface area contributed by atoms with Crippen LogP contribution in [0.4, 0.5) is 23.2 Å². The van der Waals surface area contributed by atoms with Gasteiger partial charge < -0.3 is 10.6 Å². The molecule has 0 bridgehead atoms. The van der Waals surface area contributed by atoms with Crippen molar-refractivity contribution in [1.29, 1.82) is 10.5 Å². The molecule has 3 aromatic carbocycles. The van der Waals surface area contributed by atoms with Gasteiger partial charge in [-0.05, 0) is 78.9 Å². The Morgan fingerprint density at radius 3 is 2.34 bits per heavy atom. The van der Waals surface area contributed by atoms with E-state index in [9.17, 15) is 32.9 Å². The number of carbonyl (C=O) groups is 1. The van der Waals surface area contributed by atoms with Crippen molar-refractivity contribution in [1.82, 2.24) is 15.1 Å². The van der Waals surface area contributed by atoms with E-state index in [1.807, 2.05) is 12.1 Å². The maximum atomic E-state index is 15.0.